The predicted molar refractivity (Wildman–Crippen MR) is 70.3 cm³/mol. The number of aliphatic hydroxyl groups is 1. The van der Waals surface area contributed by atoms with Crippen LogP contribution in [0.1, 0.15) is 50.5 Å². The highest BCUT2D eigenvalue weighted by molar-refractivity contribution is 5.88. The third kappa shape index (κ3) is 1.42. The van der Waals surface area contributed by atoms with Gasteiger partial charge in [0, 0.05) is 6.42 Å². The molecular formula is C16H20O2. The number of ketones is 1. The monoisotopic (exact) mass is 244 g/mol. The Balaban J connectivity index is 2.06. The molecule has 0 radical (unpaired) electrons. The zero-order valence-electron chi connectivity index (χ0n) is 10.9. The van der Waals surface area contributed by atoms with Crippen LogP contribution in [0.4, 0.5) is 0 Å². The van der Waals surface area contributed by atoms with E-state index in [1.165, 1.54) is 5.56 Å². The van der Waals surface area contributed by atoms with Crippen LogP contribution < -0.4 is 0 Å². The van der Waals surface area contributed by atoms with Crippen LogP contribution in [0.3, 0.4) is 0 Å². The molecule has 2 fully saturated rings. The zero-order chi connectivity index (χ0) is 12.8. The molecule has 2 nitrogen and oxygen atoms in total. The van der Waals surface area contributed by atoms with Gasteiger partial charge in [-0.3, -0.25) is 4.79 Å². The Labute approximate surface area is 108 Å². The van der Waals surface area contributed by atoms with Gasteiger partial charge in [-0.15, -0.1) is 0 Å². The number of hydrogen-bond acceptors (Lipinski definition) is 2. The summed E-state index contributed by atoms with van der Waals surface area (Å²) in [6.07, 6.45) is 3.92. The first-order valence-electron chi connectivity index (χ1n) is 6.88. The third-order valence-electron chi connectivity index (χ3n) is 5.29. The molecule has 2 aliphatic rings. The van der Waals surface area contributed by atoms with E-state index < -0.39 is 11.0 Å². The molecule has 2 aliphatic carbocycles. The average molecular weight is 244 g/mol. The summed E-state index contributed by atoms with van der Waals surface area (Å²) >= 11 is 0. The fourth-order valence-corrected chi connectivity index (χ4v) is 4.08. The lowest BCUT2D eigenvalue weighted by molar-refractivity contribution is -0.150. The van der Waals surface area contributed by atoms with E-state index in [0.29, 0.717) is 6.42 Å². The van der Waals surface area contributed by atoms with Gasteiger partial charge < -0.3 is 5.11 Å². The maximum atomic E-state index is 12.4. The molecule has 3 rings (SSSR count). The minimum Gasteiger partial charge on any atom is -0.389 e. The summed E-state index contributed by atoms with van der Waals surface area (Å²) in [4.78, 5) is 12.4. The number of carbonyl (C=O) groups is 1. The van der Waals surface area contributed by atoms with Gasteiger partial charge in [-0.1, -0.05) is 30.3 Å². The zero-order valence-corrected chi connectivity index (χ0v) is 10.9. The molecule has 96 valence electrons. The van der Waals surface area contributed by atoms with E-state index in [0.717, 1.165) is 25.7 Å². The highest BCUT2D eigenvalue weighted by atomic mass is 16.3. The van der Waals surface area contributed by atoms with Crippen LogP contribution in [0.2, 0.25) is 0 Å². The molecule has 0 amide bonds. The lowest BCUT2D eigenvalue weighted by Gasteiger charge is -2.45. The van der Waals surface area contributed by atoms with E-state index in [4.69, 9.17) is 0 Å². The summed E-state index contributed by atoms with van der Waals surface area (Å²) in [6.45, 7) is 1.99. The van der Waals surface area contributed by atoms with Gasteiger partial charge in [-0.2, -0.15) is 0 Å². The molecule has 0 aliphatic heterocycles. The topological polar surface area (TPSA) is 37.3 Å². The van der Waals surface area contributed by atoms with Crippen LogP contribution in [-0.2, 0) is 4.79 Å². The second-order valence-corrected chi connectivity index (χ2v) is 6.01. The number of fused-ring (bicyclic) bond motifs is 1. The van der Waals surface area contributed by atoms with Gasteiger partial charge in [0.1, 0.15) is 5.78 Å². The van der Waals surface area contributed by atoms with Crippen LogP contribution in [-0.4, -0.2) is 16.5 Å². The SMILES string of the molecule is C[C@@]12C(=O)CCC[C@]1(O)CC[C@H]2c1ccccc1. The Morgan fingerprint density at radius 2 is 1.94 bits per heavy atom. The lowest BCUT2D eigenvalue weighted by Crippen LogP contribution is -2.52. The fourth-order valence-electron chi connectivity index (χ4n) is 4.08. The smallest absolute Gasteiger partial charge is 0.142 e. The highest BCUT2D eigenvalue weighted by Crippen LogP contribution is 2.59. The maximum Gasteiger partial charge on any atom is 0.142 e. The first-order valence-corrected chi connectivity index (χ1v) is 6.88. The Morgan fingerprint density at radius 1 is 1.22 bits per heavy atom. The van der Waals surface area contributed by atoms with Crippen molar-refractivity contribution in [2.24, 2.45) is 5.41 Å². The molecule has 1 N–H and O–H groups in total. The van der Waals surface area contributed by atoms with Crippen molar-refractivity contribution in [2.45, 2.75) is 50.5 Å². The molecular weight excluding hydrogens is 224 g/mol. The molecule has 0 unspecified atom stereocenters. The third-order valence-corrected chi connectivity index (χ3v) is 5.29. The van der Waals surface area contributed by atoms with E-state index in [2.05, 4.69) is 12.1 Å². The normalized spacial score (nSPS) is 39.7. The summed E-state index contributed by atoms with van der Waals surface area (Å²) in [7, 11) is 0. The molecule has 1 aromatic rings. The largest absolute Gasteiger partial charge is 0.389 e. The Morgan fingerprint density at radius 3 is 2.67 bits per heavy atom. The summed E-state index contributed by atoms with van der Waals surface area (Å²) in [5.74, 6) is 0.430. The number of benzene rings is 1. The summed E-state index contributed by atoms with van der Waals surface area (Å²) in [6, 6.07) is 10.2. The highest BCUT2D eigenvalue weighted by Gasteiger charge is 2.61. The van der Waals surface area contributed by atoms with Crippen molar-refractivity contribution in [3.8, 4) is 0 Å². The van der Waals surface area contributed by atoms with Crippen LogP contribution in [0.15, 0.2) is 30.3 Å². The predicted octanol–water partition coefficient (Wildman–Crippen LogP) is 3.05. The van der Waals surface area contributed by atoms with E-state index in [-0.39, 0.29) is 11.7 Å². The second kappa shape index (κ2) is 3.92. The Kier molecular flexibility index (Phi) is 2.60. The van der Waals surface area contributed by atoms with Gasteiger partial charge in [-0.05, 0) is 44.1 Å². The van der Waals surface area contributed by atoms with Crippen molar-refractivity contribution in [3.63, 3.8) is 0 Å². The first-order chi connectivity index (χ1) is 8.58. The molecule has 0 aromatic heterocycles. The van der Waals surface area contributed by atoms with E-state index in [9.17, 15) is 9.90 Å². The minimum atomic E-state index is -0.775. The number of carbonyl (C=O) groups excluding carboxylic acids is 1. The molecule has 0 spiro atoms. The average Bonchev–Trinajstić information content (AvgIpc) is 2.65. The first kappa shape index (κ1) is 11.9. The number of hydrogen-bond donors (Lipinski definition) is 1. The van der Waals surface area contributed by atoms with Crippen LogP contribution in [0, 0.1) is 5.41 Å². The molecule has 18 heavy (non-hydrogen) atoms. The number of Topliss-reactive ketones (excluding diaryl/α,β-unsaturated/α-hetero) is 1. The molecule has 3 atom stereocenters. The summed E-state index contributed by atoms with van der Waals surface area (Å²) < 4.78 is 0. The van der Waals surface area contributed by atoms with Gasteiger partial charge in [0.25, 0.3) is 0 Å². The van der Waals surface area contributed by atoms with Crippen molar-refractivity contribution in [1.82, 2.24) is 0 Å². The number of rotatable bonds is 1. The van der Waals surface area contributed by atoms with Crippen molar-refractivity contribution >= 4 is 5.78 Å². The van der Waals surface area contributed by atoms with Crippen molar-refractivity contribution < 1.29 is 9.90 Å². The second-order valence-electron chi connectivity index (χ2n) is 6.01. The lowest BCUT2D eigenvalue weighted by atomic mass is 9.60. The van der Waals surface area contributed by atoms with Crippen LogP contribution in [0.5, 0.6) is 0 Å². The van der Waals surface area contributed by atoms with Gasteiger partial charge in [0.15, 0.2) is 0 Å². The van der Waals surface area contributed by atoms with Gasteiger partial charge in [0.05, 0.1) is 11.0 Å². The van der Waals surface area contributed by atoms with Gasteiger partial charge in [-0.25, -0.2) is 0 Å². The minimum absolute atomic E-state index is 0.177. The van der Waals surface area contributed by atoms with Crippen molar-refractivity contribution in [3.05, 3.63) is 35.9 Å². The molecule has 2 saturated carbocycles. The quantitative estimate of drug-likeness (QED) is 0.824. The van der Waals surface area contributed by atoms with E-state index in [1.807, 2.05) is 25.1 Å². The summed E-state index contributed by atoms with van der Waals surface area (Å²) in [5.41, 5.74) is -0.152. The van der Waals surface area contributed by atoms with Crippen molar-refractivity contribution in [1.29, 1.82) is 0 Å². The summed E-state index contributed by atoms with van der Waals surface area (Å²) in [5, 5.41) is 10.9. The molecule has 1 aromatic carbocycles. The van der Waals surface area contributed by atoms with Gasteiger partial charge >= 0.3 is 0 Å². The maximum absolute atomic E-state index is 12.4. The van der Waals surface area contributed by atoms with Crippen LogP contribution in [0.25, 0.3) is 0 Å². The van der Waals surface area contributed by atoms with E-state index in [1.54, 1.807) is 0 Å². The Bertz CT molecular complexity index is 467. The standard InChI is InChI=1S/C16H20O2/c1-15-13(12-6-3-2-4-7-12)9-11-16(15,18)10-5-8-14(15)17/h2-4,6-7,13,18H,5,8-11H2,1H3/t13-,15+,16-/m0/s1. The molecule has 0 saturated heterocycles. The molecule has 2 heteroatoms. The van der Waals surface area contributed by atoms with Crippen molar-refractivity contribution in [2.75, 3.05) is 0 Å². The van der Waals surface area contributed by atoms with E-state index >= 15 is 0 Å². The fraction of sp³-hybridized carbons (Fsp3) is 0.562. The van der Waals surface area contributed by atoms with Crippen LogP contribution >= 0.6 is 0 Å². The molecule has 0 heterocycles. The molecule has 0 bridgehead atoms. The Hall–Kier alpha value is -1.15. The van der Waals surface area contributed by atoms with Gasteiger partial charge in [0.2, 0.25) is 0 Å².